The Balaban J connectivity index is 2.26. The van der Waals surface area contributed by atoms with Crippen molar-refractivity contribution in [3.05, 3.63) is 0 Å². The highest BCUT2D eigenvalue weighted by molar-refractivity contribution is 5.51. The van der Waals surface area contributed by atoms with Crippen LogP contribution in [0, 0.1) is 5.92 Å². The Hall–Kier alpha value is -0.400. The van der Waals surface area contributed by atoms with Crippen LogP contribution in [0.5, 0.6) is 0 Å². The van der Waals surface area contributed by atoms with Crippen molar-refractivity contribution in [3.63, 3.8) is 0 Å². The number of hydrogen-bond donors (Lipinski definition) is 0. The average molecular weight is 116 g/mol. The molecule has 0 saturated heterocycles. The maximum Gasteiger partial charge on any atom is 0.120 e. The third kappa shape index (κ3) is 0.881. The van der Waals surface area contributed by atoms with Gasteiger partial charge in [0.25, 0.3) is 0 Å². The molecule has 0 aliphatic heterocycles. The van der Waals surface area contributed by atoms with Crippen LogP contribution in [-0.2, 0) is 4.79 Å². The Morgan fingerprint density at radius 1 is 2.00 bits per heavy atom. The molecule has 1 aliphatic carbocycles. The molecule has 1 nitrogen and oxygen atoms in total. The van der Waals surface area contributed by atoms with Crippen LogP contribution in [0.2, 0.25) is 0 Å². The van der Waals surface area contributed by atoms with E-state index in [4.69, 9.17) is 0 Å². The highest BCUT2D eigenvalue weighted by atomic mass is 19.1. The molecule has 0 spiro atoms. The molecule has 0 aromatic carbocycles. The molecule has 1 fully saturated rings. The molecule has 2 unspecified atom stereocenters. The Labute approximate surface area is 47.9 Å². The number of halogens is 1. The minimum absolute atomic E-state index is 0.0278. The number of rotatable bonds is 2. The summed E-state index contributed by atoms with van der Waals surface area (Å²) in [5.41, 5.74) is -1.01. The second-order valence-corrected chi connectivity index (χ2v) is 2.58. The fourth-order valence-corrected chi connectivity index (χ4v) is 0.868. The van der Waals surface area contributed by atoms with E-state index in [0.29, 0.717) is 12.8 Å². The summed E-state index contributed by atoms with van der Waals surface area (Å²) in [5, 5.41) is 0. The van der Waals surface area contributed by atoms with Gasteiger partial charge in [-0.05, 0) is 13.3 Å². The predicted molar refractivity (Wildman–Crippen MR) is 28.3 cm³/mol. The van der Waals surface area contributed by atoms with Crippen molar-refractivity contribution in [1.29, 1.82) is 0 Å². The van der Waals surface area contributed by atoms with E-state index >= 15 is 0 Å². The van der Waals surface area contributed by atoms with Gasteiger partial charge in [-0.15, -0.1) is 0 Å². The van der Waals surface area contributed by atoms with Crippen LogP contribution in [0.1, 0.15) is 19.8 Å². The van der Waals surface area contributed by atoms with E-state index in [0.717, 1.165) is 6.29 Å². The van der Waals surface area contributed by atoms with Gasteiger partial charge in [-0.3, -0.25) is 0 Å². The van der Waals surface area contributed by atoms with Gasteiger partial charge in [0.1, 0.15) is 12.0 Å². The number of carbonyl (C=O) groups excluding carboxylic acids is 1. The molecular weight excluding hydrogens is 107 g/mol. The molecule has 0 aromatic rings. The Bertz CT molecular complexity index is 109. The fourth-order valence-electron chi connectivity index (χ4n) is 0.868. The van der Waals surface area contributed by atoms with Gasteiger partial charge in [-0.25, -0.2) is 4.39 Å². The van der Waals surface area contributed by atoms with Crippen LogP contribution in [0.15, 0.2) is 0 Å². The van der Waals surface area contributed by atoms with Crippen molar-refractivity contribution in [3.8, 4) is 0 Å². The molecule has 0 aromatic heterocycles. The Morgan fingerprint density at radius 3 is 2.62 bits per heavy atom. The topological polar surface area (TPSA) is 17.1 Å². The second-order valence-electron chi connectivity index (χ2n) is 2.58. The third-order valence-electron chi connectivity index (χ3n) is 1.72. The van der Waals surface area contributed by atoms with Crippen molar-refractivity contribution < 1.29 is 9.18 Å². The lowest BCUT2D eigenvalue weighted by Crippen LogP contribution is -1.95. The van der Waals surface area contributed by atoms with E-state index in [-0.39, 0.29) is 5.92 Å². The fraction of sp³-hybridized carbons (Fsp3) is 0.833. The first-order valence-electron chi connectivity index (χ1n) is 2.79. The highest BCUT2D eigenvalue weighted by Gasteiger charge is 2.50. The largest absolute Gasteiger partial charge is 0.303 e. The second kappa shape index (κ2) is 1.54. The van der Waals surface area contributed by atoms with Gasteiger partial charge in [-0.2, -0.15) is 0 Å². The summed E-state index contributed by atoms with van der Waals surface area (Å²) >= 11 is 0. The summed E-state index contributed by atoms with van der Waals surface area (Å²) < 4.78 is 12.5. The zero-order valence-corrected chi connectivity index (χ0v) is 4.86. The first kappa shape index (κ1) is 5.73. The first-order chi connectivity index (χ1) is 3.67. The lowest BCUT2D eigenvalue weighted by molar-refractivity contribution is -0.108. The van der Waals surface area contributed by atoms with Gasteiger partial charge in [0.2, 0.25) is 0 Å². The lowest BCUT2D eigenvalue weighted by atomic mass is 10.2. The molecule has 2 heteroatoms. The number of carbonyl (C=O) groups is 1. The van der Waals surface area contributed by atoms with Crippen molar-refractivity contribution in [2.45, 2.75) is 25.4 Å². The molecule has 1 aliphatic rings. The summed E-state index contributed by atoms with van der Waals surface area (Å²) in [6.45, 7) is 1.54. The molecule has 46 valence electrons. The van der Waals surface area contributed by atoms with Crippen molar-refractivity contribution in [2.75, 3.05) is 0 Å². The molecule has 0 bridgehead atoms. The summed E-state index contributed by atoms with van der Waals surface area (Å²) in [4.78, 5) is 9.78. The number of hydrogen-bond acceptors (Lipinski definition) is 1. The van der Waals surface area contributed by atoms with Crippen LogP contribution in [0.4, 0.5) is 4.39 Å². The SMILES string of the molecule is CC1(F)CC1CC=O. The molecular formula is C6H9FO. The molecule has 0 radical (unpaired) electrons. The zero-order valence-electron chi connectivity index (χ0n) is 4.86. The molecule has 1 saturated carbocycles. The smallest absolute Gasteiger partial charge is 0.120 e. The Morgan fingerprint density at radius 2 is 2.50 bits per heavy atom. The van der Waals surface area contributed by atoms with E-state index in [9.17, 15) is 9.18 Å². The van der Waals surface area contributed by atoms with E-state index in [2.05, 4.69) is 0 Å². The highest BCUT2D eigenvalue weighted by Crippen LogP contribution is 2.48. The van der Waals surface area contributed by atoms with Gasteiger partial charge >= 0.3 is 0 Å². The molecule has 2 atom stereocenters. The van der Waals surface area contributed by atoms with Crippen LogP contribution >= 0.6 is 0 Å². The molecule has 0 N–H and O–H groups in total. The van der Waals surface area contributed by atoms with Gasteiger partial charge in [0.15, 0.2) is 0 Å². The number of aldehydes is 1. The Kier molecular flexibility index (Phi) is 1.10. The summed E-state index contributed by atoms with van der Waals surface area (Å²) in [6.07, 6.45) is 1.76. The predicted octanol–water partition coefficient (Wildman–Crippen LogP) is 1.32. The van der Waals surface area contributed by atoms with E-state index < -0.39 is 5.67 Å². The van der Waals surface area contributed by atoms with Crippen LogP contribution in [0.3, 0.4) is 0 Å². The molecule has 0 heterocycles. The first-order valence-corrected chi connectivity index (χ1v) is 2.79. The average Bonchev–Trinajstić information content (AvgIpc) is 2.15. The quantitative estimate of drug-likeness (QED) is 0.497. The molecule has 1 rings (SSSR count). The van der Waals surface area contributed by atoms with Gasteiger partial charge < -0.3 is 4.79 Å². The van der Waals surface area contributed by atoms with Crippen LogP contribution < -0.4 is 0 Å². The normalized spacial score (nSPS) is 44.0. The van der Waals surface area contributed by atoms with Crippen LogP contribution in [-0.4, -0.2) is 12.0 Å². The summed E-state index contributed by atoms with van der Waals surface area (Å²) in [6, 6.07) is 0. The summed E-state index contributed by atoms with van der Waals surface area (Å²) in [7, 11) is 0. The van der Waals surface area contributed by atoms with Crippen LogP contribution in [0.25, 0.3) is 0 Å². The standard InChI is InChI=1S/C6H9FO/c1-6(7)4-5(6)2-3-8/h3,5H,2,4H2,1H3. The van der Waals surface area contributed by atoms with Gasteiger partial charge in [-0.1, -0.05) is 0 Å². The molecule has 0 amide bonds. The van der Waals surface area contributed by atoms with Gasteiger partial charge in [0.05, 0.1) is 0 Å². The summed E-state index contributed by atoms with van der Waals surface area (Å²) in [5.74, 6) is 0.0278. The lowest BCUT2D eigenvalue weighted by Gasteiger charge is -1.90. The van der Waals surface area contributed by atoms with Crippen molar-refractivity contribution in [2.24, 2.45) is 5.92 Å². The third-order valence-corrected chi connectivity index (χ3v) is 1.72. The van der Waals surface area contributed by atoms with E-state index in [1.165, 1.54) is 0 Å². The van der Waals surface area contributed by atoms with Gasteiger partial charge in [0, 0.05) is 12.3 Å². The monoisotopic (exact) mass is 116 g/mol. The van der Waals surface area contributed by atoms with E-state index in [1.807, 2.05) is 0 Å². The van der Waals surface area contributed by atoms with E-state index in [1.54, 1.807) is 6.92 Å². The zero-order chi connectivity index (χ0) is 6.20. The van der Waals surface area contributed by atoms with Crippen molar-refractivity contribution in [1.82, 2.24) is 0 Å². The minimum Gasteiger partial charge on any atom is -0.303 e. The minimum atomic E-state index is -1.01. The number of alkyl halides is 1. The maximum absolute atomic E-state index is 12.5. The van der Waals surface area contributed by atoms with Crippen molar-refractivity contribution >= 4 is 6.29 Å². The molecule has 8 heavy (non-hydrogen) atoms. The maximum atomic E-state index is 12.5.